The van der Waals surface area contributed by atoms with Crippen LogP contribution in [0.3, 0.4) is 0 Å². The van der Waals surface area contributed by atoms with Gasteiger partial charge in [-0.05, 0) is 55.3 Å². The number of nitrogens with zero attached hydrogens (tertiary/aromatic N) is 1. The summed E-state index contributed by atoms with van der Waals surface area (Å²) in [5.41, 5.74) is 6.37. The van der Waals surface area contributed by atoms with E-state index >= 15 is 0 Å². The van der Waals surface area contributed by atoms with E-state index in [4.69, 9.17) is 5.73 Å². The van der Waals surface area contributed by atoms with Crippen LogP contribution in [0.2, 0.25) is 6.32 Å². The van der Waals surface area contributed by atoms with E-state index in [1.807, 2.05) is 30.3 Å². The Morgan fingerprint density at radius 3 is 2.50 bits per heavy atom. The lowest BCUT2D eigenvalue weighted by molar-refractivity contribution is -0.147. The summed E-state index contributed by atoms with van der Waals surface area (Å²) in [5.74, 6) is -1.06. The second-order valence-corrected chi connectivity index (χ2v) is 8.11. The third-order valence-electron chi connectivity index (χ3n) is 6.26. The summed E-state index contributed by atoms with van der Waals surface area (Å²) in [7, 11) is 2.11. The molecular weight excluding hydrogens is 354 g/mol. The van der Waals surface area contributed by atoms with Crippen molar-refractivity contribution in [1.29, 1.82) is 0 Å². The Kier molecular flexibility index (Phi) is 6.73. The lowest BCUT2D eigenvalue weighted by Gasteiger charge is -2.40. The Hall–Kier alpha value is -1.92. The molecule has 0 spiro atoms. The van der Waals surface area contributed by atoms with Crippen LogP contribution in [0.5, 0.6) is 0 Å². The number of fused-ring (bicyclic) bond motifs is 1. The lowest BCUT2D eigenvalue weighted by atomic mass is 9.75. The highest BCUT2D eigenvalue weighted by atomic mass is 19.1. The van der Waals surface area contributed by atoms with Crippen LogP contribution in [-0.4, -0.2) is 42.5 Å². The molecule has 1 heterocycles. The first-order valence-electron chi connectivity index (χ1n) is 10.4. The maximum atomic E-state index is 14.0. The molecule has 2 aromatic carbocycles. The van der Waals surface area contributed by atoms with Crippen LogP contribution in [0.4, 0.5) is 4.39 Å². The Morgan fingerprint density at radius 1 is 1.18 bits per heavy atom. The lowest BCUT2D eigenvalue weighted by Crippen LogP contribution is -2.56. The quantitative estimate of drug-likeness (QED) is 0.542. The monoisotopic (exact) mass is 384 g/mol. The van der Waals surface area contributed by atoms with Crippen LogP contribution >= 0.6 is 0 Å². The van der Waals surface area contributed by atoms with Crippen LogP contribution in [0.15, 0.2) is 36.4 Å². The molecule has 0 saturated carbocycles. The van der Waals surface area contributed by atoms with E-state index in [-0.39, 0.29) is 11.7 Å². The molecule has 1 aliphatic rings. The van der Waals surface area contributed by atoms with E-state index in [0.29, 0.717) is 11.8 Å². The summed E-state index contributed by atoms with van der Waals surface area (Å²) < 4.78 is 14.0. The summed E-state index contributed by atoms with van der Waals surface area (Å²) in [5, 5.41) is 11.4. The van der Waals surface area contributed by atoms with Gasteiger partial charge in [-0.1, -0.05) is 49.5 Å². The number of likely N-dealkylation sites (tertiary alicyclic amines) is 1. The minimum absolute atomic E-state index is 0.00284. The van der Waals surface area contributed by atoms with Crippen molar-refractivity contribution in [2.45, 2.75) is 50.5 Å². The summed E-state index contributed by atoms with van der Waals surface area (Å²) in [4.78, 5) is 14.2. The number of aliphatic carboxylic acids is 1. The van der Waals surface area contributed by atoms with Crippen molar-refractivity contribution >= 4 is 24.6 Å². The van der Waals surface area contributed by atoms with Crippen molar-refractivity contribution in [3.63, 3.8) is 0 Å². The molecule has 1 unspecified atom stereocenters. The van der Waals surface area contributed by atoms with Crippen molar-refractivity contribution in [1.82, 2.24) is 4.90 Å². The van der Waals surface area contributed by atoms with Gasteiger partial charge in [-0.3, -0.25) is 9.69 Å². The number of benzene rings is 2. The predicted octanol–water partition coefficient (Wildman–Crippen LogP) is 3.19. The van der Waals surface area contributed by atoms with Gasteiger partial charge in [-0.2, -0.15) is 0 Å². The summed E-state index contributed by atoms with van der Waals surface area (Å²) >= 11 is 0. The fourth-order valence-corrected chi connectivity index (χ4v) is 4.46. The molecule has 1 saturated heterocycles. The summed E-state index contributed by atoms with van der Waals surface area (Å²) in [6.07, 6.45) is 5.05. The van der Waals surface area contributed by atoms with E-state index in [2.05, 4.69) is 12.7 Å². The maximum absolute atomic E-state index is 14.0. The maximum Gasteiger partial charge on any atom is 0.323 e. The predicted molar refractivity (Wildman–Crippen MR) is 114 cm³/mol. The number of halogens is 1. The largest absolute Gasteiger partial charge is 0.480 e. The number of piperidine rings is 1. The topological polar surface area (TPSA) is 66.6 Å². The van der Waals surface area contributed by atoms with Crippen LogP contribution < -0.4 is 5.73 Å². The van der Waals surface area contributed by atoms with Gasteiger partial charge in [0.05, 0.1) is 0 Å². The number of carbonyl (C=O) groups is 1. The van der Waals surface area contributed by atoms with Gasteiger partial charge < -0.3 is 10.8 Å². The SMILES string of the molecule is BCCCCC(N)(C(=O)O)C1CCN(Cc2ccc(F)c3ccccc23)CC1. The zero-order chi connectivity index (χ0) is 20.1. The second-order valence-electron chi connectivity index (χ2n) is 8.11. The Morgan fingerprint density at radius 2 is 1.86 bits per heavy atom. The van der Waals surface area contributed by atoms with Gasteiger partial charge in [-0.25, -0.2) is 4.39 Å². The van der Waals surface area contributed by atoms with Crippen LogP contribution in [-0.2, 0) is 11.3 Å². The molecule has 0 amide bonds. The van der Waals surface area contributed by atoms with Crippen LogP contribution in [0, 0.1) is 11.7 Å². The molecule has 0 aliphatic carbocycles. The van der Waals surface area contributed by atoms with Gasteiger partial charge in [0.15, 0.2) is 0 Å². The Bertz CT molecular complexity index is 823. The molecule has 150 valence electrons. The van der Waals surface area contributed by atoms with E-state index in [0.717, 1.165) is 62.6 Å². The Balaban J connectivity index is 1.66. The van der Waals surface area contributed by atoms with E-state index in [1.165, 1.54) is 6.07 Å². The molecule has 1 fully saturated rings. The van der Waals surface area contributed by atoms with E-state index in [9.17, 15) is 14.3 Å². The minimum atomic E-state index is -1.12. The molecule has 3 N–H and O–H groups in total. The molecule has 0 aromatic heterocycles. The number of nitrogens with two attached hydrogens (primary N) is 1. The normalized spacial score (nSPS) is 18.2. The van der Waals surface area contributed by atoms with Crippen molar-refractivity contribution in [2.24, 2.45) is 11.7 Å². The summed E-state index contributed by atoms with van der Waals surface area (Å²) in [6, 6.07) is 11.0. The average molecular weight is 384 g/mol. The highest BCUT2D eigenvalue weighted by molar-refractivity contribution is 6.08. The molecular formula is C22H30BFN2O2. The molecule has 0 bridgehead atoms. The number of hydrogen-bond donors (Lipinski definition) is 2. The standard InChI is InChI=1S/C22H30BFN2O2/c23-12-4-3-11-22(25,21(27)28)17-9-13-26(14-10-17)15-16-7-8-20(24)19-6-2-1-5-18(16)19/h1-2,5-8,17H,3-4,9-15,23,25H2,(H,27,28). The average Bonchev–Trinajstić information content (AvgIpc) is 2.71. The summed E-state index contributed by atoms with van der Waals surface area (Å²) in [6.45, 7) is 2.38. The van der Waals surface area contributed by atoms with Crippen molar-refractivity contribution in [3.05, 3.63) is 47.8 Å². The first-order valence-corrected chi connectivity index (χ1v) is 10.4. The van der Waals surface area contributed by atoms with Crippen molar-refractivity contribution in [3.8, 4) is 0 Å². The van der Waals surface area contributed by atoms with Gasteiger partial charge in [0.1, 0.15) is 19.2 Å². The van der Waals surface area contributed by atoms with Gasteiger partial charge >= 0.3 is 5.97 Å². The van der Waals surface area contributed by atoms with E-state index in [1.54, 1.807) is 0 Å². The van der Waals surface area contributed by atoms with Crippen LogP contribution in [0.25, 0.3) is 10.8 Å². The zero-order valence-electron chi connectivity index (χ0n) is 16.7. The molecule has 1 aliphatic heterocycles. The number of carboxylic acids is 1. The van der Waals surface area contributed by atoms with Crippen molar-refractivity contribution in [2.75, 3.05) is 13.1 Å². The highest BCUT2D eigenvalue weighted by Crippen LogP contribution is 2.32. The van der Waals surface area contributed by atoms with Gasteiger partial charge in [0.2, 0.25) is 0 Å². The molecule has 1 atom stereocenters. The first-order chi connectivity index (χ1) is 13.5. The highest BCUT2D eigenvalue weighted by Gasteiger charge is 2.42. The number of unbranched alkanes of at least 4 members (excludes halogenated alkanes) is 1. The zero-order valence-corrected chi connectivity index (χ0v) is 16.7. The van der Waals surface area contributed by atoms with Crippen molar-refractivity contribution < 1.29 is 14.3 Å². The fourth-order valence-electron chi connectivity index (χ4n) is 4.46. The first kappa shape index (κ1) is 20.8. The molecule has 6 heteroatoms. The van der Waals surface area contributed by atoms with Crippen LogP contribution in [0.1, 0.15) is 37.7 Å². The molecule has 4 nitrogen and oxygen atoms in total. The third-order valence-corrected chi connectivity index (χ3v) is 6.26. The van der Waals surface area contributed by atoms with Gasteiger partial charge in [0, 0.05) is 11.9 Å². The molecule has 3 rings (SSSR count). The fraction of sp³-hybridized carbons (Fsp3) is 0.500. The molecule has 28 heavy (non-hydrogen) atoms. The van der Waals surface area contributed by atoms with Gasteiger partial charge in [-0.15, -0.1) is 0 Å². The second kappa shape index (κ2) is 9.06. The number of carboxylic acid groups (broad SMARTS) is 1. The minimum Gasteiger partial charge on any atom is -0.480 e. The Labute approximate surface area is 167 Å². The molecule has 0 radical (unpaired) electrons. The number of hydrogen-bond acceptors (Lipinski definition) is 3. The molecule has 2 aromatic rings. The number of rotatable bonds is 8. The smallest absolute Gasteiger partial charge is 0.323 e. The van der Waals surface area contributed by atoms with E-state index < -0.39 is 11.5 Å². The van der Waals surface area contributed by atoms with Gasteiger partial charge in [0.25, 0.3) is 0 Å². The third kappa shape index (κ3) is 4.39.